The molecule has 90 valence electrons. The van der Waals surface area contributed by atoms with Gasteiger partial charge in [0.05, 0.1) is 18.3 Å². The average Bonchev–Trinajstić information content (AvgIpc) is 2.10. The van der Waals surface area contributed by atoms with E-state index in [-0.39, 0.29) is 17.6 Å². The fraction of sp³-hybridized carbons (Fsp3) is 1.00. The lowest BCUT2D eigenvalue weighted by atomic mass is 9.84. The molecule has 2 unspecified atom stereocenters. The first kappa shape index (κ1) is 12.9. The van der Waals surface area contributed by atoms with Crippen molar-refractivity contribution in [1.29, 1.82) is 0 Å². The number of hydrogen-bond acceptors (Lipinski definition) is 3. The van der Waals surface area contributed by atoms with Crippen molar-refractivity contribution < 1.29 is 14.9 Å². The molecule has 0 saturated carbocycles. The van der Waals surface area contributed by atoms with Gasteiger partial charge in [0.25, 0.3) is 0 Å². The largest absolute Gasteiger partial charge is 0.390 e. The summed E-state index contributed by atoms with van der Waals surface area (Å²) in [7, 11) is 0. The Kier molecular flexibility index (Phi) is 4.15. The Bertz CT molecular complexity index is 198. The highest BCUT2D eigenvalue weighted by molar-refractivity contribution is 4.87. The minimum absolute atomic E-state index is 0.0933. The van der Waals surface area contributed by atoms with Crippen molar-refractivity contribution in [2.45, 2.75) is 71.4 Å². The molecule has 1 saturated heterocycles. The summed E-state index contributed by atoms with van der Waals surface area (Å²) in [5, 5.41) is 19.6. The molecular formula is C12H24O3. The van der Waals surface area contributed by atoms with Crippen molar-refractivity contribution in [1.82, 2.24) is 0 Å². The van der Waals surface area contributed by atoms with Crippen molar-refractivity contribution >= 4 is 0 Å². The third-order valence-corrected chi connectivity index (χ3v) is 2.92. The SMILES string of the molecule is CCC1C[C@@H](O)[C@H](O)C(CC(C)(C)C)O1. The first-order valence-corrected chi connectivity index (χ1v) is 5.85. The fourth-order valence-electron chi connectivity index (χ4n) is 2.08. The van der Waals surface area contributed by atoms with E-state index in [1.807, 2.05) is 6.92 Å². The molecule has 0 aromatic rings. The topological polar surface area (TPSA) is 49.7 Å². The smallest absolute Gasteiger partial charge is 0.106 e. The fourth-order valence-corrected chi connectivity index (χ4v) is 2.08. The third kappa shape index (κ3) is 3.74. The van der Waals surface area contributed by atoms with Crippen LogP contribution in [0.15, 0.2) is 0 Å². The van der Waals surface area contributed by atoms with Crippen LogP contribution in [0, 0.1) is 5.41 Å². The summed E-state index contributed by atoms with van der Waals surface area (Å²) >= 11 is 0. The molecular weight excluding hydrogens is 192 g/mol. The molecule has 0 bridgehead atoms. The maximum atomic E-state index is 9.84. The molecule has 0 radical (unpaired) electrons. The van der Waals surface area contributed by atoms with E-state index in [9.17, 15) is 10.2 Å². The molecule has 1 rings (SSSR count). The maximum Gasteiger partial charge on any atom is 0.106 e. The second kappa shape index (κ2) is 4.81. The van der Waals surface area contributed by atoms with E-state index in [4.69, 9.17) is 4.74 Å². The number of aliphatic hydroxyl groups is 2. The molecule has 4 atom stereocenters. The van der Waals surface area contributed by atoms with Crippen LogP contribution >= 0.6 is 0 Å². The Balaban J connectivity index is 2.60. The van der Waals surface area contributed by atoms with Gasteiger partial charge in [-0.25, -0.2) is 0 Å². The first-order valence-electron chi connectivity index (χ1n) is 5.85. The lowest BCUT2D eigenvalue weighted by Crippen LogP contribution is -2.49. The van der Waals surface area contributed by atoms with Crippen LogP contribution in [0.5, 0.6) is 0 Å². The zero-order chi connectivity index (χ0) is 11.6. The van der Waals surface area contributed by atoms with E-state index in [1.54, 1.807) is 0 Å². The molecule has 0 aromatic heterocycles. The second-order valence-electron chi connectivity index (χ2n) is 5.76. The van der Waals surface area contributed by atoms with E-state index in [2.05, 4.69) is 20.8 Å². The van der Waals surface area contributed by atoms with Crippen molar-refractivity contribution in [3.63, 3.8) is 0 Å². The third-order valence-electron chi connectivity index (χ3n) is 2.92. The Morgan fingerprint density at radius 3 is 2.33 bits per heavy atom. The predicted octanol–water partition coefficient (Wildman–Crippen LogP) is 1.71. The number of rotatable bonds is 2. The lowest BCUT2D eigenvalue weighted by molar-refractivity contribution is -0.177. The van der Waals surface area contributed by atoms with Crippen LogP contribution in [0.4, 0.5) is 0 Å². The number of aliphatic hydroxyl groups excluding tert-OH is 2. The minimum Gasteiger partial charge on any atom is -0.390 e. The Morgan fingerprint density at radius 2 is 1.87 bits per heavy atom. The monoisotopic (exact) mass is 216 g/mol. The van der Waals surface area contributed by atoms with Crippen LogP contribution in [-0.4, -0.2) is 34.6 Å². The summed E-state index contributed by atoms with van der Waals surface area (Å²) in [6, 6.07) is 0. The number of ether oxygens (including phenoxy) is 1. The van der Waals surface area contributed by atoms with Crippen LogP contribution in [0.1, 0.15) is 47.0 Å². The van der Waals surface area contributed by atoms with E-state index >= 15 is 0 Å². The van der Waals surface area contributed by atoms with Gasteiger partial charge in [0.15, 0.2) is 0 Å². The van der Waals surface area contributed by atoms with Gasteiger partial charge in [-0.1, -0.05) is 27.7 Å². The van der Waals surface area contributed by atoms with Crippen LogP contribution < -0.4 is 0 Å². The molecule has 15 heavy (non-hydrogen) atoms. The minimum atomic E-state index is -0.730. The van der Waals surface area contributed by atoms with Crippen molar-refractivity contribution in [3.05, 3.63) is 0 Å². The molecule has 1 heterocycles. The highest BCUT2D eigenvalue weighted by Crippen LogP contribution is 2.30. The lowest BCUT2D eigenvalue weighted by Gasteiger charge is -2.39. The molecule has 0 spiro atoms. The van der Waals surface area contributed by atoms with Crippen LogP contribution in [0.3, 0.4) is 0 Å². The highest BCUT2D eigenvalue weighted by Gasteiger charge is 2.37. The Morgan fingerprint density at radius 1 is 1.27 bits per heavy atom. The van der Waals surface area contributed by atoms with E-state index in [1.165, 1.54) is 0 Å². The summed E-state index contributed by atoms with van der Waals surface area (Å²) in [6.07, 6.45) is 0.738. The van der Waals surface area contributed by atoms with Crippen LogP contribution in [0.2, 0.25) is 0 Å². The molecule has 3 heteroatoms. The van der Waals surface area contributed by atoms with Crippen molar-refractivity contribution in [2.75, 3.05) is 0 Å². The molecule has 2 N–H and O–H groups in total. The van der Waals surface area contributed by atoms with Gasteiger partial charge >= 0.3 is 0 Å². The van der Waals surface area contributed by atoms with Crippen LogP contribution in [0.25, 0.3) is 0 Å². The van der Waals surface area contributed by atoms with Gasteiger partial charge in [-0.3, -0.25) is 0 Å². The summed E-state index contributed by atoms with van der Waals surface area (Å²) < 4.78 is 5.78. The first-order chi connectivity index (χ1) is 6.83. The highest BCUT2D eigenvalue weighted by atomic mass is 16.5. The van der Waals surface area contributed by atoms with Crippen molar-refractivity contribution in [3.8, 4) is 0 Å². The molecule has 3 nitrogen and oxygen atoms in total. The van der Waals surface area contributed by atoms with Crippen LogP contribution in [-0.2, 0) is 4.74 Å². The molecule has 0 aliphatic carbocycles. The van der Waals surface area contributed by atoms with Gasteiger partial charge < -0.3 is 14.9 Å². The molecule has 1 aliphatic heterocycles. The Labute approximate surface area is 92.4 Å². The zero-order valence-corrected chi connectivity index (χ0v) is 10.2. The molecule has 1 fully saturated rings. The van der Waals surface area contributed by atoms with Gasteiger partial charge in [0.1, 0.15) is 6.10 Å². The van der Waals surface area contributed by atoms with Gasteiger partial charge in [0, 0.05) is 6.42 Å². The second-order valence-corrected chi connectivity index (χ2v) is 5.76. The summed E-state index contributed by atoms with van der Waals surface area (Å²) in [4.78, 5) is 0. The standard InChI is InChI=1S/C12H24O3/c1-5-8-6-9(13)11(14)10(15-8)7-12(2,3)4/h8-11,13-14H,5-7H2,1-4H3/t8?,9-,10?,11+/m1/s1. The molecule has 0 amide bonds. The van der Waals surface area contributed by atoms with Gasteiger partial charge in [-0.15, -0.1) is 0 Å². The average molecular weight is 216 g/mol. The van der Waals surface area contributed by atoms with Gasteiger partial charge in [0.2, 0.25) is 0 Å². The normalized spacial score (nSPS) is 38.0. The van der Waals surface area contributed by atoms with Crippen molar-refractivity contribution in [2.24, 2.45) is 5.41 Å². The number of hydrogen-bond donors (Lipinski definition) is 2. The summed E-state index contributed by atoms with van der Waals surface area (Å²) in [5.41, 5.74) is 0.112. The van der Waals surface area contributed by atoms with E-state index < -0.39 is 12.2 Å². The quantitative estimate of drug-likeness (QED) is 0.739. The summed E-state index contributed by atoms with van der Waals surface area (Å²) in [6.45, 7) is 8.39. The Hall–Kier alpha value is -0.120. The van der Waals surface area contributed by atoms with E-state index in [0.717, 1.165) is 12.8 Å². The van der Waals surface area contributed by atoms with Gasteiger partial charge in [-0.2, -0.15) is 0 Å². The molecule has 1 aliphatic rings. The molecule has 0 aromatic carbocycles. The summed E-state index contributed by atoms with van der Waals surface area (Å²) in [5.74, 6) is 0. The van der Waals surface area contributed by atoms with E-state index in [0.29, 0.717) is 6.42 Å². The van der Waals surface area contributed by atoms with Gasteiger partial charge in [-0.05, 0) is 18.3 Å². The maximum absolute atomic E-state index is 9.84. The predicted molar refractivity (Wildman–Crippen MR) is 59.7 cm³/mol. The zero-order valence-electron chi connectivity index (χ0n) is 10.2.